The lowest BCUT2D eigenvalue weighted by Gasteiger charge is -2.40. The van der Waals surface area contributed by atoms with E-state index in [-0.39, 0.29) is 6.71 Å². The molecular weight excluding hydrogens is 645 g/mol. The van der Waals surface area contributed by atoms with Crippen molar-refractivity contribution in [3.8, 4) is 17.2 Å². The van der Waals surface area contributed by atoms with Crippen LogP contribution in [0.1, 0.15) is 0 Å². The van der Waals surface area contributed by atoms with E-state index in [0.29, 0.717) is 0 Å². The van der Waals surface area contributed by atoms with Crippen molar-refractivity contribution in [2.24, 2.45) is 0 Å². The summed E-state index contributed by atoms with van der Waals surface area (Å²) >= 11 is 0. The number of nitrogens with zero attached hydrogens (tertiary/aromatic N) is 3. The van der Waals surface area contributed by atoms with Crippen LogP contribution >= 0.6 is 0 Å². The van der Waals surface area contributed by atoms with Gasteiger partial charge in [-0.3, -0.25) is 0 Å². The minimum absolute atomic E-state index is 0.00922. The maximum Gasteiger partial charge on any atom is 0.256 e. The smallest absolute Gasteiger partial charge is 0.256 e. The summed E-state index contributed by atoms with van der Waals surface area (Å²) < 4.78 is 9.60. The Morgan fingerprint density at radius 1 is 0.453 bits per heavy atom. The van der Waals surface area contributed by atoms with E-state index < -0.39 is 0 Å². The fourth-order valence-electron chi connectivity index (χ4n) is 8.60. The first kappa shape index (κ1) is 29.7. The fourth-order valence-corrected chi connectivity index (χ4v) is 8.60. The normalized spacial score (nSPS) is 12.6. The highest BCUT2D eigenvalue weighted by Gasteiger charge is 2.43. The van der Waals surface area contributed by atoms with Crippen molar-refractivity contribution in [2.45, 2.75) is 0 Å². The summed E-state index contributed by atoms with van der Waals surface area (Å²) in [5.41, 5.74) is 13.6. The van der Waals surface area contributed by atoms with E-state index in [9.17, 15) is 0 Å². The van der Waals surface area contributed by atoms with E-state index >= 15 is 0 Å². The number of fused-ring (bicyclic) bond motifs is 8. The van der Waals surface area contributed by atoms with E-state index in [1.807, 2.05) is 0 Å². The second-order valence-corrected chi connectivity index (χ2v) is 13.7. The molecule has 1 aromatic heterocycles. The molecule has 0 radical (unpaired) electrons. The molecule has 0 fully saturated rings. The maximum atomic E-state index is 7.19. The molecule has 9 aromatic rings. The van der Waals surface area contributed by atoms with Gasteiger partial charge >= 0.3 is 0 Å². The van der Waals surface area contributed by atoms with Crippen LogP contribution in [-0.2, 0) is 0 Å². The van der Waals surface area contributed by atoms with Crippen LogP contribution in [0.3, 0.4) is 0 Å². The van der Waals surface area contributed by atoms with Gasteiger partial charge in [-0.15, -0.1) is 0 Å². The Morgan fingerprint density at radius 3 is 1.74 bits per heavy atom. The standard InChI is InChI=1S/C48H32BN3O/c1-5-17-33(18-6-1)50(34-19-7-2-8-20-34)37-29-30-38-39-32-44-46-48(47(39)52(43(38)31-37)36-23-11-4-12-24-36)53-45-28-16-14-26-41(45)49(46)40-25-13-15-27-42(40)51(44)35-21-9-3-10-22-35/h1-32H. The van der Waals surface area contributed by atoms with E-state index in [0.717, 1.165) is 62.0 Å². The minimum Gasteiger partial charge on any atom is -0.456 e. The molecule has 3 heterocycles. The maximum absolute atomic E-state index is 7.19. The summed E-state index contributed by atoms with van der Waals surface area (Å²) in [4.78, 5) is 4.76. The summed E-state index contributed by atoms with van der Waals surface area (Å²) in [5.74, 6) is 1.80. The van der Waals surface area contributed by atoms with Gasteiger partial charge in [0.15, 0.2) is 0 Å². The van der Waals surface area contributed by atoms with Crippen molar-refractivity contribution in [1.29, 1.82) is 0 Å². The summed E-state index contributed by atoms with van der Waals surface area (Å²) in [6.45, 7) is 0.00922. The van der Waals surface area contributed by atoms with Crippen molar-refractivity contribution in [2.75, 3.05) is 9.80 Å². The lowest BCUT2D eigenvalue weighted by atomic mass is 9.34. The number of rotatable bonds is 5. The highest BCUT2D eigenvalue weighted by atomic mass is 16.5. The summed E-state index contributed by atoms with van der Waals surface area (Å²) in [7, 11) is 0. The Hall–Kier alpha value is -6.98. The number of ether oxygens (including phenoxy) is 1. The molecule has 0 atom stereocenters. The fraction of sp³-hybridized carbons (Fsp3) is 0. The van der Waals surface area contributed by atoms with Crippen LogP contribution in [0.5, 0.6) is 11.5 Å². The van der Waals surface area contributed by atoms with Gasteiger partial charge in [0.25, 0.3) is 6.71 Å². The molecule has 0 saturated carbocycles. The molecule has 11 rings (SSSR count). The Kier molecular flexibility index (Phi) is 6.61. The largest absolute Gasteiger partial charge is 0.456 e. The first-order chi connectivity index (χ1) is 26.3. The lowest BCUT2D eigenvalue weighted by Crippen LogP contribution is -2.59. The van der Waals surface area contributed by atoms with Crippen molar-refractivity contribution in [3.05, 3.63) is 194 Å². The monoisotopic (exact) mass is 677 g/mol. The second kappa shape index (κ2) is 11.8. The average Bonchev–Trinajstić information content (AvgIpc) is 3.56. The van der Waals surface area contributed by atoms with Crippen LogP contribution in [0.2, 0.25) is 0 Å². The van der Waals surface area contributed by atoms with Gasteiger partial charge in [-0.25, -0.2) is 0 Å². The third kappa shape index (κ3) is 4.50. The molecule has 2 aliphatic rings. The van der Waals surface area contributed by atoms with Gasteiger partial charge in [0.05, 0.1) is 11.0 Å². The Bertz CT molecular complexity index is 2780. The molecule has 2 aliphatic heterocycles. The van der Waals surface area contributed by atoms with E-state index in [1.165, 1.54) is 27.5 Å². The third-order valence-corrected chi connectivity index (χ3v) is 10.8. The van der Waals surface area contributed by atoms with Crippen LogP contribution in [0.4, 0.5) is 34.1 Å². The zero-order chi connectivity index (χ0) is 34.9. The lowest BCUT2D eigenvalue weighted by molar-refractivity contribution is 0.491. The van der Waals surface area contributed by atoms with Gasteiger partial charge in [-0.05, 0) is 95.3 Å². The van der Waals surface area contributed by atoms with Crippen molar-refractivity contribution in [1.82, 2.24) is 4.57 Å². The van der Waals surface area contributed by atoms with Crippen LogP contribution in [0.25, 0.3) is 27.5 Å². The van der Waals surface area contributed by atoms with E-state index in [4.69, 9.17) is 4.74 Å². The molecule has 0 N–H and O–H groups in total. The first-order valence-electron chi connectivity index (χ1n) is 18.1. The molecule has 0 unspecified atom stereocenters. The quantitative estimate of drug-likeness (QED) is 0.169. The van der Waals surface area contributed by atoms with Gasteiger partial charge in [0.2, 0.25) is 0 Å². The molecule has 0 aliphatic carbocycles. The Labute approximate surface area is 308 Å². The van der Waals surface area contributed by atoms with Crippen LogP contribution in [-0.4, -0.2) is 11.3 Å². The number of hydrogen-bond acceptors (Lipinski definition) is 3. The molecule has 8 aromatic carbocycles. The Balaban J connectivity index is 1.27. The predicted molar refractivity (Wildman–Crippen MR) is 221 cm³/mol. The number of para-hydroxylation sites is 6. The van der Waals surface area contributed by atoms with Crippen molar-refractivity contribution < 1.29 is 4.74 Å². The summed E-state index contributed by atoms with van der Waals surface area (Å²) in [6, 6.07) is 69.4. The molecule has 0 bridgehead atoms. The van der Waals surface area contributed by atoms with Gasteiger partial charge < -0.3 is 19.1 Å². The average molecular weight is 678 g/mol. The van der Waals surface area contributed by atoms with Crippen molar-refractivity contribution in [3.63, 3.8) is 0 Å². The van der Waals surface area contributed by atoms with Gasteiger partial charge in [0, 0.05) is 50.6 Å². The minimum atomic E-state index is 0.00922. The Morgan fingerprint density at radius 2 is 1.04 bits per heavy atom. The second-order valence-electron chi connectivity index (χ2n) is 13.7. The predicted octanol–water partition coefficient (Wildman–Crippen LogP) is 10.7. The summed E-state index contributed by atoms with van der Waals surface area (Å²) in [6.07, 6.45) is 0. The molecule has 0 amide bonds. The third-order valence-electron chi connectivity index (χ3n) is 10.8. The van der Waals surface area contributed by atoms with Crippen LogP contribution in [0, 0.1) is 0 Å². The number of anilines is 6. The molecule has 4 nitrogen and oxygen atoms in total. The highest BCUT2D eigenvalue weighted by molar-refractivity contribution is 6.99. The first-order valence-corrected chi connectivity index (χ1v) is 18.1. The van der Waals surface area contributed by atoms with E-state index in [1.54, 1.807) is 0 Å². The molecular formula is C48H32BN3O. The SMILES string of the molecule is c1ccc(N(c2ccccc2)c2ccc3c4cc5c6c(c4n(-c4ccccc4)c3c2)Oc2ccccc2B6c2ccccc2N5c2ccccc2)cc1. The molecule has 0 saturated heterocycles. The number of benzene rings is 8. The molecule has 53 heavy (non-hydrogen) atoms. The van der Waals surface area contributed by atoms with Gasteiger partial charge in [-0.2, -0.15) is 0 Å². The van der Waals surface area contributed by atoms with E-state index in [2.05, 4.69) is 208 Å². The van der Waals surface area contributed by atoms with Crippen LogP contribution < -0.4 is 30.9 Å². The summed E-state index contributed by atoms with van der Waals surface area (Å²) in [5, 5.41) is 2.31. The zero-order valence-electron chi connectivity index (χ0n) is 28.8. The molecule has 0 spiro atoms. The highest BCUT2D eigenvalue weighted by Crippen LogP contribution is 2.48. The molecule has 248 valence electrons. The number of hydrogen-bond donors (Lipinski definition) is 0. The van der Waals surface area contributed by atoms with Gasteiger partial charge in [-0.1, -0.05) is 115 Å². The molecule has 5 heteroatoms. The zero-order valence-corrected chi connectivity index (χ0v) is 28.8. The number of aromatic nitrogens is 1. The van der Waals surface area contributed by atoms with Crippen molar-refractivity contribution >= 4 is 79.0 Å². The van der Waals surface area contributed by atoms with Gasteiger partial charge in [0.1, 0.15) is 11.5 Å². The topological polar surface area (TPSA) is 20.6 Å². The van der Waals surface area contributed by atoms with Crippen LogP contribution in [0.15, 0.2) is 194 Å².